The van der Waals surface area contributed by atoms with Gasteiger partial charge in [-0.05, 0) is 0 Å². The minimum atomic E-state index is 0.0104. The van der Waals surface area contributed by atoms with Crippen molar-refractivity contribution in [3.05, 3.63) is 5.21 Å². The van der Waals surface area contributed by atoms with E-state index in [2.05, 4.69) is 0 Å². The molecule has 2 heteroatoms. The van der Waals surface area contributed by atoms with Gasteiger partial charge in [0.25, 0.3) is 0 Å². The lowest BCUT2D eigenvalue weighted by atomic mass is 9.99. The Morgan fingerprint density at radius 2 is 1.75 bits per heavy atom. The van der Waals surface area contributed by atoms with Gasteiger partial charge in [0, 0.05) is 5.41 Å². The minimum Gasteiger partial charge on any atom is -0.624 e. The molecule has 0 aliphatic rings. The highest BCUT2D eigenvalue weighted by atomic mass is 16.5. The van der Waals surface area contributed by atoms with Crippen molar-refractivity contribution >= 4 is 6.21 Å². The summed E-state index contributed by atoms with van der Waals surface area (Å²) in [5.74, 6) is 0. The Labute approximate surface area is 50.4 Å². The smallest absolute Gasteiger partial charge is 0.156 e. The second kappa shape index (κ2) is 2.16. The minimum absolute atomic E-state index is 0.0104. The normalized spacial score (nSPS) is 14.2. The topological polar surface area (TPSA) is 26.1 Å². The first-order valence-corrected chi connectivity index (χ1v) is 2.68. The number of nitrogens with zero attached hydrogens (tertiary/aromatic N) is 1. The zero-order chi connectivity index (χ0) is 6.78. The summed E-state index contributed by atoms with van der Waals surface area (Å²) < 4.78 is 0.833. The van der Waals surface area contributed by atoms with Crippen LogP contribution >= 0.6 is 0 Å². The molecule has 0 fully saturated rings. The Bertz CT molecular complexity index is 95.6. The highest BCUT2D eigenvalue weighted by molar-refractivity contribution is 5.58. The van der Waals surface area contributed by atoms with Crippen LogP contribution in [-0.2, 0) is 0 Å². The van der Waals surface area contributed by atoms with Crippen molar-refractivity contribution in [2.45, 2.75) is 20.8 Å². The van der Waals surface area contributed by atoms with E-state index in [-0.39, 0.29) is 5.41 Å². The third kappa shape index (κ3) is 5.47. The van der Waals surface area contributed by atoms with Crippen LogP contribution < -0.4 is 0 Å². The average Bonchev–Trinajstić information content (AvgIpc) is 1.21. The van der Waals surface area contributed by atoms with Crippen molar-refractivity contribution < 1.29 is 4.74 Å². The van der Waals surface area contributed by atoms with Gasteiger partial charge >= 0.3 is 0 Å². The van der Waals surface area contributed by atoms with E-state index in [1.54, 1.807) is 6.21 Å². The fourth-order valence-corrected chi connectivity index (χ4v) is 0.545. The van der Waals surface area contributed by atoms with Crippen LogP contribution in [0.25, 0.3) is 0 Å². The maximum Gasteiger partial charge on any atom is 0.156 e. The first-order valence-electron chi connectivity index (χ1n) is 2.68. The number of rotatable bonds is 0. The lowest BCUT2D eigenvalue weighted by molar-refractivity contribution is -0.421. The van der Waals surface area contributed by atoms with Crippen molar-refractivity contribution in [3.63, 3.8) is 0 Å². The van der Waals surface area contributed by atoms with Crippen LogP contribution in [0.4, 0.5) is 0 Å². The van der Waals surface area contributed by atoms with Gasteiger partial charge in [0.15, 0.2) is 6.21 Å². The number of hydrogen-bond donors (Lipinski definition) is 0. The van der Waals surface area contributed by atoms with E-state index in [4.69, 9.17) is 0 Å². The summed E-state index contributed by atoms with van der Waals surface area (Å²) in [6.45, 7) is 5.96. The molecule has 0 atom stereocenters. The molecule has 0 saturated heterocycles. The molecule has 0 N–H and O–H groups in total. The Morgan fingerprint density at radius 3 is 1.75 bits per heavy atom. The van der Waals surface area contributed by atoms with Crippen LogP contribution in [0.3, 0.4) is 0 Å². The van der Waals surface area contributed by atoms with Gasteiger partial charge in [-0.25, -0.2) is 4.74 Å². The van der Waals surface area contributed by atoms with Gasteiger partial charge in [-0.1, -0.05) is 20.8 Å². The molecule has 2 nitrogen and oxygen atoms in total. The monoisotopic (exact) mass is 115 g/mol. The Balaban J connectivity index is 3.89. The average molecular weight is 115 g/mol. The fraction of sp³-hybridized carbons (Fsp3) is 0.833. The zero-order valence-electron chi connectivity index (χ0n) is 5.93. The van der Waals surface area contributed by atoms with Crippen LogP contribution in [0.1, 0.15) is 20.8 Å². The molecule has 0 bridgehead atoms. The summed E-state index contributed by atoms with van der Waals surface area (Å²) in [5.41, 5.74) is 0.0104. The molecule has 0 rings (SSSR count). The summed E-state index contributed by atoms with van der Waals surface area (Å²) in [4.78, 5) is 0. The molecule has 0 aliphatic heterocycles. The van der Waals surface area contributed by atoms with Gasteiger partial charge in [0.05, 0.1) is 0 Å². The quantitative estimate of drug-likeness (QED) is 0.202. The Morgan fingerprint density at radius 1 is 1.38 bits per heavy atom. The van der Waals surface area contributed by atoms with Gasteiger partial charge in [0.1, 0.15) is 7.05 Å². The van der Waals surface area contributed by atoms with Crippen LogP contribution in [0.15, 0.2) is 0 Å². The number of hydroxylamine groups is 1. The van der Waals surface area contributed by atoms with Gasteiger partial charge in [0.2, 0.25) is 0 Å². The largest absolute Gasteiger partial charge is 0.624 e. The van der Waals surface area contributed by atoms with Crippen LogP contribution in [0, 0.1) is 10.6 Å². The predicted molar refractivity (Wildman–Crippen MR) is 35.1 cm³/mol. The van der Waals surface area contributed by atoms with Crippen molar-refractivity contribution in [3.8, 4) is 0 Å². The molecule has 0 aliphatic carbocycles. The zero-order valence-corrected chi connectivity index (χ0v) is 5.93. The van der Waals surface area contributed by atoms with Crippen molar-refractivity contribution in [2.75, 3.05) is 7.05 Å². The van der Waals surface area contributed by atoms with E-state index in [0.29, 0.717) is 0 Å². The van der Waals surface area contributed by atoms with Gasteiger partial charge in [-0.15, -0.1) is 0 Å². The first kappa shape index (κ1) is 7.47. The van der Waals surface area contributed by atoms with E-state index < -0.39 is 0 Å². The molecule has 8 heavy (non-hydrogen) atoms. The SMILES string of the molecule is C[N+]([O-])=CC(C)(C)C. The van der Waals surface area contributed by atoms with E-state index >= 15 is 0 Å². The highest BCUT2D eigenvalue weighted by Gasteiger charge is 2.09. The molecule has 0 spiro atoms. The summed E-state index contributed by atoms with van der Waals surface area (Å²) in [5, 5.41) is 10.3. The van der Waals surface area contributed by atoms with Crippen LogP contribution in [0.2, 0.25) is 0 Å². The van der Waals surface area contributed by atoms with Crippen molar-refractivity contribution in [1.82, 2.24) is 0 Å². The molecule has 0 aromatic heterocycles. The molecule has 0 heterocycles. The molecule has 0 radical (unpaired) electrons. The Kier molecular flexibility index (Phi) is 2.02. The van der Waals surface area contributed by atoms with Crippen LogP contribution in [0.5, 0.6) is 0 Å². The molecule has 0 aromatic carbocycles. The molecule has 0 saturated carbocycles. The number of hydrogen-bond acceptors (Lipinski definition) is 1. The first-order chi connectivity index (χ1) is 3.42. The third-order valence-corrected chi connectivity index (χ3v) is 0.569. The lowest BCUT2D eigenvalue weighted by Crippen LogP contribution is -2.13. The molecule has 0 amide bonds. The van der Waals surface area contributed by atoms with E-state index in [1.807, 2.05) is 20.8 Å². The molecular formula is C6H13NO. The molecule has 0 unspecified atom stereocenters. The van der Waals surface area contributed by atoms with Gasteiger partial charge in [-0.2, -0.15) is 0 Å². The fourth-order valence-electron chi connectivity index (χ4n) is 0.545. The second-order valence-corrected chi connectivity index (χ2v) is 3.04. The molecular weight excluding hydrogens is 102 g/mol. The second-order valence-electron chi connectivity index (χ2n) is 3.04. The Hall–Kier alpha value is -0.530. The predicted octanol–water partition coefficient (Wildman–Crippen LogP) is 1.24. The maximum absolute atomic E-state index is 10.3. The summed E-state index contributed by atoms with van der Waals surface area (Å²) in [6, 6.07) is 0. The highest BCUT2D eigenvalue weighted by Crippen LogP contribution is 2.07. The lowest BCUT2D eigenvalue weighted by Gasteiger charge is -2.08. The van der Waals surface area contributed by atoms with Gasteiger partial charge in [-0.3, -0.25) is 0 Å². The van der Waals surface area contributed by atoms with Gasteiger partial charge < -0.3 is 5.21 Å². The van der Waals surface area contributed by atoms with Crippen LogP contribution in [-0.4, -0.2) is 18.0 Å². The van der Waals surface area contributed by atoms with E-state index in [9.17, 15) is 5.21 Å². The molecule has 0 aromatic rings. The summed E-state index contributed by atoms with van der Waals surface area (Å²) in [7, 11) is 1.49. The van der Waals surface area contributed by atoms with Crippen molar-refractivity contribution in [1.29, 1.82) is 0 Å². The summed E-state index contributed by atoms with van der Waals surface area (Å²) in [6.07, 6.45) is 1.63. The molecule has 48 valence electrons. The van der Waals surface area contributed by atoms with E-state index in [0.717, 1.165) is 4.74 Å². The maximum atomic E-state index is 10.3. The standard InChI is InChI=1S/C6H13NO/c1-6(2,3)5-7(4)8/h5H,1-4H3. The van der Waals surface area contributed by atoms with Crippen molar-refractivity contribution in [2.24, 2.45) is 5.41 Å². The summed E-state index contributed by atoms with van der Waals surface area (Å²) >= 11 is 0. The van der Waals surface area contributed by atoms with E-state index in [1.165, 1.54) is 7.05 Å². The third-order valence-electron chi connectivity index (χ3n) is 0.569.